The molecule has 0 spiro atoms. The molecule has 5 nitrogen and oxygen atoms in total. The van der Waals surface area contributed by atoms with Crippen LogP contribution >= 0.6 is 0 Å². The normalized spacial score (nSPS) is 12.8. The van der Waals surface area contributed by atoms with Crippen molar-refractivity contribution >= 4 is 15.7 Å². The van der Waals surface area contributed by atoms with Gasteiger partial charge in [0, 0.05) is 6.07 Å². The molecule has 0 saturated carbocycles. The molecule has 0 amide bonds. The SMILES string of the molecule is Cc1cccc(CN(c2ccc3c(c2)OCO3)S(=O)(=O)c2cccc(C)c2)c1. The number of ether oxygens (including phenoxy) is 2. The van der Waals surface area contributed by atoms with E-state index in [0.29, 0.717) is 17.2 Å². The number of rotatable bonds is 5. The quantitative estimate of drug-likeness (QED) is 0.641. The first-order chi connectivity index (χ1) is 13.4. The van der Waals surface area contributed by atoms with Crippen LogP contribution in [0.2, 0.25) is 0 Å². The highest BCUT2D eigenvalue weighted by molar-refractivity contribution is 7.92. The van der Waals surface area contributed by atoms with Gasteiger partial charge in [-0.25, -0.2) is 8.42 Å². The van der Waals surface area contributed by atoms with Gasteiger partial charge in [-0.2, -0.15) is 0 Å². The molecule has 3 aromatic rings. The lowest BCUT2D eigenvalue weighted by molar-refractivity contribution is 0.174. The molecule has 0 saturated heterocycles. The Balaban J connectivity index is 1.81. The first-order valence-electron chi connectivity index (χ1n) is 8.98. The summed E-state index contributed by atoms with van der Waals surface area (Å²) in [5.41, 5.74) is 3.42. The van der Waals surface area contributed by atoms with Gasteiger partial charge in [0.05, 0.1) is 17.1 Å². The Morgan fingerprint density at radius 1 is 0.857 bits per heavy atom. The maximum Gasteiger partial charge on any atom is 0.264 e. The third-order valence-corrected chi connectivity index (χ3v) is 6.40. The summed E-state index contributed by atoms with van der Waals surface area (Å²) in [7, 11) is -3.77. The Kier molecular flexibility index (Phi) is 4.73. The lowest BCUT2D eigenvalue weighted by Crippen LogP contribution is -2.30. The van der Waals surface area contributed by atoms with Crippen LogP contribution in [0.15, 0.2) is 71.6 Å². The van der Waals surface area contributed by atoms with Gasteiger partial charge in [-0.3, -0.25) is 4.31 Å². The van der Waals surface area contributed by atoms with Crippen molar-refractivity contribution in [2.45, 2.75) is 25.3 Å². The van der Waals surface area contributed by atoms with E-state index in [1.165, 1.54) is 4.31 Å². The number of sulfonamides is 1. The van der Waals surface area contributed by atoms with Crippen molar-refractivity contribution in [1.82, 2.24) is 0 Å². The van der Waals surface area contributed by atoms with Crippen molar-refractivity contribution in [3.63, 3.8) is 0 Å². The average molecular weight is 395 g/mol. The maximum atomic E-state index is 13.5. The molecule has 0 atom stereocenters. The Hall–Kier alpha value is -2.99. The van der Waals surface area contributed by atoms with Crippen LogP contribution in [0.1, 0.15) is 16.7 Å². The molecule has 0 N–H and O–H groups in total. The summed E-state index contributed by atoms with van der Waals surface area (Å²) in [6.07, 6.45) is 0. The van der Waals surface area contributed by atoms with Gasteiger partial charge in [-0.15, -0.1) is 0 Å². The molecule has 1 heterocycles. The largest absolute Gasteiger partial charge is 0.454 e. The summed E-state index contributed by atoms with van der Waals surface area (Å²) < 4.78 is 39.3. The second kappa shape index (κ2) is 7.20. The standard InChI is InChI=1S/C22H21NO4S/c1-16-5-3-7-18(11-16)14-23(19-9-10-21-22(13-19)27-15-26-21)28(24,25)20-8-4-6-17(2)12-20/h3-13H,14-15H2,1-2H3. The topological polar surface area (TPSA) is 55.8 Å². The molecule has 3 aromatic carbocycles. The fourth-order valence-electron chi connectivity index (χ4n) is 3.23. The van der Waals surface area contributed by atoms with Gasteiger partial charge < -0.3 is 9.47 Å². The molecule has 0 bridgehead atoms. The molecule has 144 valence electrons. The predicted molar refractivity (Wildman–Crippen MR) is 108 cm³/mol. The Bertz CT molecular complexity index is 1120. The van der Waals surface area contributed by atoms with E-state index < -0.39 is 10.0 Å². The van der Waals surface area contributed by atoms with Crippen LogP contribution in [-0.2, 0) is 16.6 Å². The Labute approximate surface area is 165 Å². The average Bonchev–Trinajstić information content (AvgIpc) is 3.14. The maximum absolute atomic E-state index is 13.5. The van der Waals surface area contributed by atoms with Crippen LogP contribution in [0.4, 0.5) is 5.69 Å². The molecule has 4 rings (SSSR count). The van der Waals surface area contributed by atoms with Crippen LogP contribution in [0, 0.1) is 13.8 Å². The van der Waals surface area contributed by atoms with Crippen molar-refractivity contribution < 1.29 is 17.9 Å². The van der Waals surface area contributed by atoms with Gasteiger partial charge in [0.15, 0.2) is 11.5 Å². The Morgan fingerprint density at radius 3 is 2.32 bits per heavy atom. The molecule has 28 heavy (non-hydrogen) atoms. The molecule has 1 aliphatic rings. The number of fused-ring (bicyclic) bond motifs is 1. The molecular formula is C22H21NO4S. The molecule has 0 aliphatic carbocycles. The summed E-state index contributed by atoms with van der Waals surface area (Å²) in [4.78, 5) is 0.262. The molecule has 6 heteroatoms. The van der Waals surface area contributed by atoms with Crippen LogP contribution in [0.5, 0.6) is 11.5 Å². The summed E-state index contributed by atoms with van der Waals surface area (Å²) in [6.45, 7) is 4.23. The summed E-state index contributed by atoms with van der Waals surface area (Å²) in [5.74, 6) is 1.17. The predicted octanol–water partition coefficient (Wildman–Crippen LogP) is 4.43. The zero-order chi connectivity index (χ0) is 19.7. The smallest absolute Gasteiger partial charge is 0.264 e. The van der Waals surface area contributed by atoms with E-state index >= 15 is 0 Å². The van der Waals surface area contributed by atoms with E-state index in [9.17, 15) is 8.42 Å². The van der Waals surface area contributed by atoms with E-state index in [1.807, 2.05) is 44.2 Å². The molecular weight excluding hydrogens is 374 g/mol. The number of hydrogen-bond donors (Lipinski definition) is 0. The van der Waals surface area contributed by atoms with Crippen molar-refractivity contribution in [2.75, 3.05) is 11.1 Å². The van der Waals surface area contributed by atoms with Gasteiger partial charge in [-0.05, 0) is 49.2 Å². The fraction of sp³-hybridized carbons (Fsp3) is 0.182. The molecule has 0 radical (unpaired) electrons. The van der Waals surface area contributed by atoms with E-state index in [2.05, 4.69) is 0 Å². The number of benzene rings is 3. The van der Waals surface area contributed by atoms with Gasteiger partial charge >= 0.3 is 0 Å². The highest BCUT2D eigenvalue weighted by atomic mass is 32.2. The van der Waals surface area contributed by atoms with Gasteiger partial charge in [0.2, 0.25) is 6.79 Å². The van der Waals surface area contributed by atoms with Crippen molar-refractivity contribution in [2.24, 2.45) is 0 Å². The second-order valence-electron chi connectivity index (χ2n) is 6.85. The molecule has 0 unspecified atom stereocenters. The van der Waals surface area contributed by atoms with E-state index in [4.69, 9.17) is 9.47 Å². The lowest BCUT2D eigenvalue weighted by atomic mass is 10.1. The van der Waals surface area contributed by atoms with Gasteiger partial charge in [0.1, 0.15) is 0 Å². The summed E-state index contributed by atoms with van der Waals surface area (Å²) >= 11 is 0. The minimum Gasteiger partial charge on any atom is -0.454 e. The van der Waals surface area contributed by atoms with E-state index in [1.54, 1.807) is 36.4 Å². The molecule has 0 aromatic heterocycles. The van der Waals surface area contributed by atoms with Crippen molar-refractivity contribution in [3.8, 4) is 11.5 Å². The lowest BCUT2D eigenvalue weighted by Gasteiger charge is -2.25. The first-order valence-corrected chi connectivity index (χ1v) is 10.4. The van der Waals surface area contributed by atoms with Crippen LogP contribution < -0.4 is 13.8 Å². The van der Waals surface area contributed by atoms with E-state index in [-0.39, 0.29) is 18.2 Å². The minimum atomic E-state index is -3.77. The number of hydrogen-bond acceptors (Lipinski definition) is 4. The number of anilines is 1. The third kappa shape index (κ3) is 3.55. The summed E-state index contributed by atoms with van der Waals surface area (Å²) in [6, 6.07) is 20.0. The van der Waals surface area contributed by atoms with Gasteiger partial charge in [0.25, 0.3) is 10.0 Å². The summed E-state index contributed by atoms with van der Waals surface area (Å²) in [5, 5.41) is 0. The number of nitrogens with zero attached hydrogens (tertiary/aromatic N) is 1. The zero-order valence-electron chi connectivity index (χ0n) is 15.8. The fourth-order valence-corrected chi connectivity index (χ4v) is 4.78. The first kappa shape index (κ1) is 18.4. The third-order valence-electron chi connectivity index (χ3n) is 4.63. The molecule has 1 aliphatic heterocycles. The van der Waals surface area contributed by atoms with E-state index in [0.717, 1.165) is 16.7 Å². The highest BCUT2D eigenvalue weighted by Gasteiger charge is 2.27. The number of aryl methyl sites for hydroxylation is 2. The zero-order valence-corrected chi connectivity index (χ0v) is 16.6. The monoisotopic (exact) mass is 395 g/mol. The van der Waals surface area contributed by atoms with Gasteiger partial charge in [-0.1, -0.05) is 42.0 Å². The second-order valence-corrected chi connectivity index (χ2v) is 8.72. The van der Waals surface area contributed by atoms with Crippen molar-refractivity contribution in [3.05, 3.63) is 83.4 Å². The van der Waals surface area contributed by atoms with Crippen molar-refractivity contribution in [1.29, 1.82) is 0 Å². The van der Waals surface area contributed by atoms with Crippen LogP contribution in [0.25, 0.3) is 0 Å². The molecule has 0 fully saturated rings. The highest BCUT2D eigenvalue weighted by Crippen LogP contribution is 2.37. The minimum absolute atomic E-state index is 0.140. The Morgan fingerprint density at radius 2 is 1.57 bits per heavy atom. The van der Waals surface area contributed by atoms with Crippen LogP contribution in [0.3, 0.4) is 0 Å². The van der Waals surface area contributed by atoms with Crippen LogP contribution in [-0.4, -0.2) is 15.2 Å².